The monoisotopic (exact) mass is 607 g/mol. The molecule has 1 aliphatic heterocycles. The van der Waals surface area contributed by atoms with Crippen molar-refractivity contribution in [2.45, 2.75) is 22.6 Å². The molecule has 1 amide bonds. The van der Waals surface area contributed by atoms with Crippen LogP contribution < -0.4 is 23.8 Å². The molecule has 41 heavy (non-hydrogen) atoms. The van der Waals surface area contributed by atoms with Crippen molar-refractivity contribution >= 4 is 37.3 Å². The zero-order valence-electron chi connectivity index (χ0n) is 22.7. The third-order valence-corrected chi connectivity index (χ3v) is 10.2. The number of nitrogens with zero attached hydrogens (tertiary/aromatic N) is 2. The lowest BCUT2D eigenvalue weighted by Gasteiger charge is -2.25. The van der Waals surface area contributed by atoms with Crippen LogP contribution >= 0.6 is 0 Å². The first kappa shape index (κ1) is 30.1. The topological polar surface area (TPSA) is 132 Å². The van der Waals surface area contributed by atoms with Gasteiger partial charge >= 0.3 is 0 Å². The summed E-state index contributed by atoms with van der Waals surface area (Å²) >= 11 is 0. The van der Waals surface area contributed by atoms with E-state index in [1.54, 1.807) is 0 Å². The zero-order chi connectivity index (χ0) is 29.8. The predicted octanol–water partition coefficient (Wildman–Crippen LogP) is 3.47. The highest BCUT2D eigenvalue weighted by molar-refractivity contribution is 7.92. The van der Waals surface area contributed by atoms with Gasteiger partial charge in [-0.2, -0.15) is 4.31 Å². The van der Waals surface area contributed by atoms with Crippen LogP contribution in [0.25, 0.3) is 0 Å². The van der Waals surface area contributed by atoms with Crippen LogP contribution in [-0.4, -0.2) is 68.0 Å². The van der Waals surface area contributed by atoms with E-state index in [0.29, 0.717) is 18.8 Å². The van der Waals surface area contributed by atoms with Gasteiger partial charge < -0.3 is 19.5 Å². The first-order valence-electron chi connectivity index (χ1n) is 12.5. The van der Waals surface area contributed by atoms with Crippen LogP contribution in [0.5, 0.6) is 17.2 Å². The van der Waals surface area contributed by atoms with Crippen molar-refractivity contribution in [2.75, 3.05) is 50.6 Å². The van der Waals surface area contributed by atoms with Crippen molar-refractivity contribution in [3.8, 4) is 17.2 Å². The summed E-state index contributed by atoms with van der Waals surface area (Å²) in [7, 11) is -4.08. The van der Waals surface area contributed by atoms with Gasteiger partial charge in [0.25, 0.3) is 10.0 Å². The van der Waals surface area contributed by atoms with Gasteiger partial charge in [-0.1, -0.05) is 0 Å². The van der Waals surface area contributed by atoms with E-state index in [9.17, 15) is 26.0 Å². The summed E-state index contributed by atoms with van der Waals surface area (Å²) in [5, 5.41) is 2.57. The number of carbonyl (C=O) groups excluding carboxylic acids is 1. The molecule has 4 rings (SSSR count). The molecule has 1 aliphatic rings. The number of benzene rings is 3. The largest absolute Gasteiger partial charge is 0.495 e. The molecule has 11 nitrogen and oxygen atoms in total. The third kappa shape index (κ3) is 6.39. The van der Waals surface area contributed by atoms with E-state index in [-0.39, 0.29) is 32.7 Å². The van der Waals surface area contributed by atoms with E-state index < -0.39 is 38.3 Å². The van der Waals surface area contributed by atoms with Crippen molar-refractivity contribution in [3.05, 3.63) is 66.5 Å². The lowest BCUT2D eigenvalue weighted by molar-refractivity contribution is -0.114. The van der Waals surface area contributed by atoms with Crippen molar-refractivity contribution in [1.82, 2.24) is 4.31 Å². The van der Waals surface area contributed by atoms with Gasteiger partial charge in [0, 0.05) is 19.2 Å². The molecule has 1 saturated heterocycles. The van der Waals surface area contributed by atoms with Gasteiger partial charge in [0.2, 0.25) is 15.9 Å². The summed E-state index contributed by atoms with van der Waals surface area (Å²) in [6, 6.07) is 12.6. The van der Waals surface area contributed by atoms with Crippen LogP contribution in [0.15, 0.2) is 70.5 Å². The van der Waals surface area contributed by atoms with Crippen LogP contribution in [0, 0.1) is 5.82 Å². The standard InChI is InChI=1S/C27H30FN3O8S2/c1-37-24-12-10-21(40(33,34)30-14-4-5-15-30)16-23(24)29-27(32)18-31(20-8-6-19(28)7-9-20)41(35,36)22-11-13-25(38-2)26(17-22)39-3/h6-13,16-17H,4-5,14-15,18H2,1-3H3,(H,29,32). The molecule has 0 atom stereocenters. The minimum atomic E-state index is -4.39. The maximum absolute atomic E-state index is 13.8. The normalized spacial score (nSPS) is 14.0. The van der Waals surface area contributed by atoms with Crippen LogP contribution in [0.2, 0.25) is 0 Å². The number of carbonyl (C=O) groups is 1. The second-order valence-electron chi connectivity index (χ2n) is 9.03. The van der Waals surface area contributed by atoms with Crippen molar-refractivity contribution in [3.63, 3.8) is 0 Å². The number of sulfonamides is 2. The first-order chi connectivity index (χ1) is 19.5. The van der Waals surface area contributed by atoms with Gasteiger partial charge in [0.05, 0.1) is 42.5 Å². The average molecular weight is 608 g/mol. The molecule has 1 fully saturated rings. The second-order valence-corrected chi connectivity index (χ2v) is 12.8. The van der Waals surface area contributed by atoms with E-state index in [1.165, 1.54) is 74.2 Å². The Labute approximate surface area is 238 Å². The molecule has 0 unspecified atom stereocenters. The molecule has 0 radical (unpaired) electrons. The smallest absolute Gasteiger partial charge is 0.264 e. The second kappa shape index (κ2) is 12.3. The number of hydrogen-bond donors (Lipinski definition) is 1. The van der Waals surface area contributed by atoms with Gasteiger partial charge in [-0.05, 0) is 67.4 Å². The third-order valence-electron chi connectivity index (χ3n) is 6.49. The maximum atomic E-state index is 13.8. The summed E-state index contributed by atoms with van der Waals surface area (Å²) < 4.78 is 85.3. The quantitative estimate of drug-likeness (QED) is 0.351. The lowest BCUT2D eigenvalue weighted by atomic mass is 10.3. The SMILES string of the molecule is COc1ccc(S(=O)(=O)N2CCCC2)cc1NC(=O)CN(c1ccc(F)cc1)S(=O)(=O)c1ccc(OC)c(OC)c1. The van der Waals surface area contributed by atoms with Crippen LogP contribution in [0.1, 0.15) is 12.8 Å². The summed E-state index contributed by atoms with van der Waals surface area (Å²) in [4.78, 5) is 13.1. The van der Waals surface area contributed by atoms with Gasteiger partial charge in [0.1, 0.15) is 18.1 Å². The number of ether oxygens (including phenoxy) is 3. The lowest BCUT2D eigenvalue weighted by Crippen LogP contribution is -2.38. The Hall–Kier alpha value is -3.88. The molecular formula is C27H30FN3O8S2. The van der Waals surface area contributed by atoms with Crippen LogP contribution in [0.4, 0.5) is 15.8 Å². The molecule has 0 aromatic heterocycles. The molecule has 220 valence electrons. The fourth-order valence-electron chi connectivity index (χ4n) is 4.37. The summed E-state index contributed by atoms with van der Waals surface area (Å²) in [5.41, 5.74) is 0.0639. The van der Waals surface area contributed by atoms with E-state index in [4.69, 9.17) is 14.2 Å². The van der Waals surface area contributed by atoms with Gasteiger partial charge in [-0.15, -0.1) is 0 Å². The molecular weight excluding hydrogens is 577 g/mol. The molecule has 0 saturated carbocycles. The highest BCUT2D eigenvalue weighted by atomic mass is 32.2. The highest BCUT2D eigenvalue weighted by Crippen LogP contribution is 2.33. The van der Waals surface area contributed by atoms with Crippen LogP contribution in [-0.2, 0) is 24.8 Å². The molecule has 0 aliphatic carbocycles. The Morgan fingerprint density at radius 1 is 0.829 bits per heavy atom. The zero-order valence-corrected chi connectivity index (χ0v) is 24.3. The van der Waals surface area contributed by atoms with E-state index in [0.717, 1.165) is 29.3 Å². The molecule has 1 N–H and O–H groups in total. The Balaban J connectivity index is 1.68. The van der Waals surface area contributed by atoms with Crippen molar-refractivity contribution in [1.29, 1.82) is 0 Å². The Kier molecular flexibility index (Phi) is 9.05. The van der Waals surface area contributed by atoms with E-state index >= 15 is 0 Å². The minimum Gasteiger partial charge on any atom is -0.495 e. The number of hydrogen-bond acceptors (Lipinski definition) is 8. The fraction of sp³-hybridized carbons (Fsp3) is 0.296. The Morgan fingerprint density at radius 2 is 1.41 bits per heavy atom. The number of methoxy groups -OCH3 is 3. The molecule has 3 aromatic carbocycles. The van der Waals surface area contributed by atoms with Gasteiger partial charge in [-0.3, -0.25) is 9.10 Å². The molecule has 3 aromatic rings. The Morgan fingerprint density at radius 3 is 2.02 bits per heavy atom. The summed E-state index contributed by atoms with van der Waals surface area (Å²) in [6.45, 7) is 0.0714. The summed E-state index contributed by atoms with van der Waals surface area (Å²) in [5.74, 6) is -0.768. The average Bonchev–Trinajstić information content (AvgIpc) is 3.52. The number of halogens is 1. The summed E-state index contributed by atoms with van der Waals surface area (Å²) in [6.07, 6.45) is 1.51. The maximum Gasteiger partial charge on any atom is 0.264 e. The number of amides is 1. The van der Waals surface area contributed by atoms with Gasteiger partial charge in [-0.25, -0.2) is 21.2 Å². The number of nitrogens with one attached hydrogen (secondary N) is 1. The molecule has 1 heterocycles. The Bertz CT molecular complexity index is 1620. The predicted molar refractivity (Wildman–Crippen MR) is 150 cm³/mol. The fourth-order valence-corrected chi connectivity index (χ4v) is 7.35. The minimum absolute atomic E-state index is 0.0219. The van der Waals surface area contributed by atoms with Crippen LogP contribution in [0.3, 0.4) is 0 Å². The van der Waals surface area contributed by atoms with Crippen molar-refractivity contribution < 1.29 is 40.2 Å². The number of rotatable bonds is 11. The van der Waals surface area contributed by atoms with Gasteiger partial charge in [0.15, 0.2) is 11.5 Å². The van der Waals surface area contributed by atoms with E-state index in [1.807, 2.05) is 0 Å². The van der Waals surface area contributed by atoms with E-state index in [2.05, 4.69) is 5.32 Å². The molecule has 0 bridgehead atoms. The highest BCUT2D eigenvalue weighted by Gasteiger charge is 2.30. The first-order valence-corrected chi connectivity index (χ1v) is 15.4. The molecule has 0 spiro atoms. The molecule has 14 heteroatoms. The number of anilines is 2. The van der Waals surface area contributed by atoms with Crippen molar-refractivity contribution in [2.24, 2.45) is 0 Å².